The molecule has 1 unspecified atom stereocenters. The molecule has 442 valence electrons. The fraction of sp³-hybridized carbons (Fsp3) is 0.644. The van der Waals surface area contributed by atoms with Gasteiger partial charge in [0.25, 0.3) is 0 Å². The van der Waals surface area contributed by atoms with Crippen LogP contribution < -0.4 is 0 Å². The van der Waals surface area contributed by atoms with Gasteiger partial charge in [0.05, 0.1) is 6.61 Å². The molecule has 1 N–H and O–H groups in total. The monoisotopic (exact) mass is 1080 g/mol. The van der Waals surface area contributed by atoms with E-state index < -0.39 is 6.10 Å². The summed E-state index contributed by atoms with van der Waals surface area (Å²) in [6.45, 7) is 4.01. The highest BCUT2D eigenvalue weighted by molar-refractivity contribution is 5.70. The van der Waals surface area contributed by atoms with E-state index in [1.54, 1.807) is 0 Å². The molecule has 78 heavy (non-hydrogen) atoms. The molecule has 0 spiro atoms. The summed E-state index contributed by atoms with van der Waals surface area (Å²) in [5.41, 5.74) is 0. The lowest BCUT2D eigenvalue weighted by Gasteiger charge is -2.15. The van der Waals surface area contributed by atoms with Crippen LogP contribution in [-0.2, 0) is 19.1 Å². The normalized spacial score (nSPS) is 13.2. The number of ether oxygens (including phenoxy) is 2. The van der Waals surface area contributed by atoms with E-state index >= 15 is 0 Å². The summed E-state index contributed by atoms with van der Waals surface area (Å²) in [5, 5.41) is 9.67. The van der Waals surface area contributed by atoms with E-state index in [2.05, 4.69) is 160 Å². The van der Waals surface area contributed by atoms with E-state index in [0.717, 1.165) is 116 Å². The van der Waals surface area contributed by atoms with Crippen molar-refractivity contribution in [1.82, 2.24) is 0 Å². The smallest absolute Gasteiger partial charge is 0.306 e. The number of allylic oxidation sites excluding steroid dienone is 24. The van der Waals surface area contributed by atoms with E-state index in [9.17, 15) is 14.7 Å². The first-order valence-electron chi connectivity index (χ1n) is 32.4. The Hall–Kier alpha value is -4.22. The maximum atomic E-state index is 12.3. The molecule has 0 aliphatic heterocycles. The molecule has 0 aliphatic carbocycles. The van der Waals surface area contributed by atoms with E-state index in [1.807, 2.05) is 0 Å². The maximum absolute atomic E-state index is 12.3. The Morgan fingerprint density at radius 1 is 0.308 bits per heavy atom. The van der Waals surface area contributed by atoms with Crippen molar-refractivity contribution in [1.29, 1.82) is 0 Å². The average Bonchev–Trinajstić information content (AvgIpc) is 3.44. The lowest BCUT2D eigenvalue weighted by atomic mass is 10.0. The van der Waals surface area contributed by atoms with Crippen LogP contribution in [0, 0.1) is 0 Å². The lowest BCUT2D eigenvalue weighted by Crippen LogP contribution is -2.28. The SMILES string of the molecule is CC/C=C\C/C=C\C/C=C\C/C=C\C/C=C\C/C=C\C/C=C\C/C=C\C/C=C\C/C=C\C/C=C\C/C=C\CCCCC(=O)OC(CO)COC(=O)CCCCCCCCCCCCCCCCCCCCCCCCCCC. The number of hydrogen-bond donors (Lipinski definition) is 1. The first-order valence-corrected chi connectivity index (χ1v) is 32.4. The summed E-state index contributed by atoms with van der Waals surface area (Å²) >= 11 is 0. The van der Waals surface area contributed by atoms with Crippen molar-refractivity contribution < 1.29 is 24.2 Å². The van der Waals surface area contributed by atoms with Crippen LogP contribution >= 0.6 is 0 Å². The van der Waals surface area contributed by atoms with Crippen molar-refractivity contribution in [2.75, 3.05) is 13.2 Å². The molecular formula is C73H120O5. The molecule has 0 saturated heterocycles. The minimum atomic E-state index is -0.805. The molecule has 0 aromatic carbocycles. The van der Waals surface area contributed by atoms with E-state index in [-0.39, 0.29) is 25.2 Å². The van der Waals surface area contributed by atoms with Crippen molar-refractivity contribution in [2.24, 2.45) is 0 Å². The van der Waals surface area contributed by atoms with Crippen LogP contribution in [0.15, 0.2) is 146 Å². The number of hydrogen-bond acceptors (Lipinski definition) is 5. The van der Waals surface area contributed by atoms with Crippen LogP contribution in [-0.4, -0.2) is 36.4 Å². The molecular weight excluding hydrogens is 957 g/mol. The topological polar surface area (TPSA) is 72.8 Å². The molecule has 1 atom stereocenters. The summed E-state index contributed by atoms with van der Waals surface area (Å²) in [6, 6.07) is 0. The van der Waals surface area contributed by atoms with Gasteiger partial charge < -0.3 is 14.6 Å². The Bertz CT molecular complexity index is 1650. The number of aliphatic hydroxyl groups excluding tert-OH is 1. The number of esters is 2. The van der Waals surface area contributed by atoms with Gasteiger partial charge in [-0.25, -0.2) is 0 Å². The van der Waals surface area contributed by atoms with Gasteiger partial charge in [0, 0.05) is 12.8 Å². The van der Waals surface area contributed by atoms with Crippen molar-refractivity contribution in [2.45, 2.75) is 290 Å². The van der Waals surface area contributed by atoms with E-state index in [4.69, 9.17) is 9.47 Å². The number of carbonyl (C=O) groups is 2. The van der Waals surface area contributed by atoms with Gasteiger partial charge in [0.2, 0.25) is 0 Å². The summed E-state index contributed by atoms with van der Waals surface area (Å²) in [7, 11) is 0. The number of unbranched alkanes of at least 4 members (excludes halogenated alkanes) is 26. The molecule has 5 heteroatoms. The van der Waals surface area contributed by atoms with Crippen molar-refractivity contribution >= 4 is 11.9 Å². The molecule has 0 aromatic heterocycles. The molecule has 0 saturated carbocycles. The van der Waals surface area contributed by atoms with E-state index in [0.29, 0.717) is 12.8 Å². The minimum absolute atomic E-state index is 0.0891. The predicted octanol–water partition coefficient (Wildman–Crippen LogP) is 22.5. The highest BCUT2D eigenvalue weighted by atomic mass is 16.6. The molecule has 0 amide bonds. The summed E-state index contributed by atoms with van der Waals surface area (Å²) in [5.74, 6) is -0.641. The molecule has 0 radical (unpaired) electrons. The second kappa shape index (κ2) is 67.1. The second-order valence-electron chi connectivity index (χ2n) is 21.1. The van der Waals surface area contributed by atoms with Gasteiger partial charge in [-0.15, -0.1) is 0 Å². The van der Waals surface area contributed by atoms with Gasteiger partial charge in [-0.1, -0.05) is 314 Å². The number of aliphatic hydroxyl groups is 1. The third-order valence-corrected chi connectivity index (χ3v) is 13.6. The highest BCUT2D eigenvalue weighted by Crippen LogP contribution is 2.17. The average molecular weight is 1080 g/mol. The van der Waals surface area contributed by atoms with Gasteiger partial charge in [0.15, 0.2) is 6.10 Å². The van der Waals surface area contributed by atoms with Gasteiger partial charge in [-0.05, 0) is 103 Å². The van der Waals surface area contributed by atoms with Crippen molar-refractivity contribution in [3.05, 3.63) is 146 Å². The Kier molecular flexibility index (Phi) is 63.4. The zero-order valence-electron chi connectivity index (χ0n) is 50.6. The van der Waals surface area contributed by atoms with Crippen LogP contribution in [0.1, 0.15) is 284 Å². The van der Waals surface area contributed by atoms with Crippen molar-refractivity contribution in [3.63, 3.8) is 0 Å². The zero-order valence-corrected chi connectivity index (χ0v) is 50.6. The van der Waals surface area contributed by atoms with Crippen LogP contribution in [0.3, 0.4) is 0 Å². The largest absolute Gasteiger partial charge is 0.462 e. The molecule has 0 aromatic rings. The van der Waals surface area contributed by atoms with Crippen LogP contribution in [0.2, 0.25) is 0 Å². The lowest BCUT2D eigenvalue weighted by molar-refractivity contribution is -0.161. The third kappa shape index (κ3) is 64.3. The van der Waals surface area contributed by atoms with Gasteiger partial charge in [-0.3, -0.25) is 9.59 Å². The fourth-order valence-electron chi connectivity index (χ4n) is 8.83. The molecule has 0 bridgehead atoms. The number of rotatable bonds is 58. The summed E-state index contributed by atoms with van der Waals surface area (Å²) in [6.07, 6.45) is 101. The molecule has 5 nitrogen and oxygen atoms in total. The highest BCUT2D eigenvalue weighted by Gasteiger charge is 2.16. The molecule has 0 fully saturated rings. The fourth-order valence-corrected chi connectivity index (χ4v) is 8.83. The number of carbonyl (C=O) groups excluding carboxylic acids is 2. The van der Waals surface area contributed by atoms with Gasteiger partial charge >= 0.3 is 11.9 Å². The van der Waals surface area contributed by atoms with Crippen LogP contribution in [0.5, 0.6) is 0 Å². The standard InChI is InChI=1S/C73H120O5/c1-3-5-7-9-11-13-15-17-19-21-23-25-27-29-30-31-32-33-34-35-36-37-38-39-40-41-42-44-46-48-50-52-54-56-58-60-62-64-66-68-73(76)78-71(69-74)70-77-72(75)67-65-63-61-59-57-55-53-51-49-47-45-43-28-26-24-22-20-18-16-14-12-10-8-6-4-2/h5,7,11,13,17,19,23,25,29-30,32-33,35-36,38-39,41-42,46,48,52,54,58,60,71,74H,3-4,6,8-10,12,14-16,18,20-22,24,26-28,31,34,37,40,43-45,47,49-51,53,55-57,59,61-70H2,1-2H3/b7-5-,13-11-,19-17-,25-23-,30-29-,33-32-,36-35-,39-38-,42-41-,48-46-,54-52-,60-58-. The Balaban J connectivity index is 3.64. The Morgan fingerprint density at radius 3 is 0.833 bits per heavy atom. The van der Waals surface area contributed by atoms with Gasteiger partial charge in [-0.2, -0.15) is 0 Å². The molecule has 0 rings (SSSR count). The van der Waals surface area contributed by atoms with Crippen LogP contribution in [0.25, 0.3) is 0 Å². The van der Waals surface area contributed by atoms with Crippen molar-refractivity contribution in [3.8, 4) is 0 Å². The minimum Gasteiger partial charge on any atom is -0.462 e. The zero-order chi connectivity index (χ0) is 56.2. The Morgan fingerprint density at radius 2 is 0.551 bits per heavy atom. The summed E-state index contributed by atoms with van der Waals surface area (Å²) < 4.78 is 10.7. The first kappa shape index (κ1) is 73.8. The Labute approximate surface area is 482 Å². The summed E-state index contributed by atoms with van der Waals surface area (Å²) in [4.78, 5) is 24.6. The third-order valence-electron chi connectivity index (χ3n) is 13.6. The van der Waals surface area contributed by atoms with Gasteiger partial charge in [0.1, 0.15) is 6.61 Å². The van der Waals surface area contributed by atoms with Crippen LogP contribution in [0.4, 0.5) is 0 Å². The quantitative estimate of drug-likeness (QED) is 0.0373. The maximum Gasteiger partial charge on any atom is 0.306 e. The second-order valence-corrected chi connectivity index (χ2v) is 21.1. The first-order chi connectivity index (χ1) is 38.6. The predicted molar refractivity (Wildman–Crippen MR) is 343 cm³/mol. The molecule has 0 aliphatic rings. The molecule has 0 heterocycles. The van der Waals surface area contributed by atoms with E-state index in [1.165, 1.54) is 141 Å².